The van der Waals surface area contributed by atoms with Crippen molar-refractivity contribution in [1.29, 1.82) is 0 Å². The van der Waals surface area contributed by atoms with Gasteiger partial charge in [-0.1, -0.05) is 35.9 Å². The second kappa shape index (κ2) is 7.86. The fraction of sp³-hybridized carbons (Fsp3) is 0.316. The van der Waals surface area contributed by atoms with Gasteiger partial charge in [-0.3, -0.25) is 0 Å². The molecule has 0 radical (unpaired) electrons. The van der Waals surface area contributed by atoms with Gasteiger partial charge in [-0.15, -0.1) is 0 Å². The molecule has 2 aromatic carbocycles. The number of hydrogen-bond acceptors (Lipinski definition) is 2. The number of anilines is 1. The molecule has 1 aliphatic heterocycles. The lowest BCUT2D eigenvalue weighted by Gasteiger charge is -2.34. The smallest absolute Gasteiger partial charge is 0.173 e. The van der Waals surface area contributed by atoms with Crippen LogP contribution in [0.1, 0.15) is 24.3 Å². The number of para-hydroxylation sites is 1. The standard InChI is InChI=1S/C19H21ClN2OS/c1-23-18-8-3-2-7-17(18)14-9-11-22(12-10-14)19(24)21-16-6-4-5-15(20)13-16/h2-8,13-14H,9-12H2,1H3,(H,21,24). The Kier molecular flexibility index (Phi) is 5.59. The van der Waals surface area contributed by atoms with Gasteiger partial charge in [0.25, 0.3) is 0 Å². The molecule has 1 heterocycles. The highest BCUT2D eigenvalue weighted by molar-refractivity contribution is 7.80. The Morgan fingerprint density at radius 3 is 2.62 bits per heavy atom. The average Bonchev–Trinajstić information content (AvgIpc) is 2.62. The first-order chi connectivity index (χ1) is 11.7. The van der Waals surface area contributed by atoms with E-state index < -0.39 is 0 Å². The zero-order valence-corrected chi connectivity index (χ0v) is 15.2. The van der Waals surface area contributed by atoms with Crippen molar-refractivity contribution in [2.24, 2.45) is 0 Å². The van der Waals surface area contributed by atoms with Gasteiger partial charge in [0.2, 0.25) is 0 Å². The normalized spacial score (nSPS) is 15.2. The zero-order valence-electron chi connectivity index (χ0n) is 13.7. The van der Waals surface area contributed by atoms with Crippen LogP contribution >= 0.6 is 23.8 Å². The number of methoxy groups -OCH3 is 1. The number of thiocarbonyl (C=S) groups is 1. The van der Waals surface area contributed by atoms with E-state index in [9.17, 15) is 0 Å². The number of nitrogens with zero attached hydrogens (tertiary/aromatic N) is 1. The fourth-order valence-corrected chi connectivity index (χ4v) is 3.66. The molecule has 24 heavy (non-hydrogen) atoms. The van der Waals surface area contributed by atoms with Crippen molar-refractivity contribution >= 4 is 34.6 Å². The Morgan fingerprint density at radius 2 is 1.92 bits per heavy atom. The molecule has 3 nitrogen and oxygen atoms in total. The third kappa shape index (κ3) is 4.00. The van der Waals surface area contributed by atoms with E-state index in [1.807, 2.05) is 36.4 Å². The quantitative estimate of drug-likeness (QED) is 0.785. The summed E-state index contributed by atoms with van der Waals surface area (Å²) in [5.41, 5.74) is 2.23. The van der Waals surface area contributed by atoms with Crippen LogP contribution in [0.4, 0.5) is 5.69 Å². The summed E-state index contributed by atoms with van der Waals surface area (Å²) in [7, 11) is 1.73. The van der Waals surface area contributed by atoms with Gasteiger partial charge in [-0.25, -0.2) is 0 Å². The van der Waals surface area contributed by atoms with Crippen LogP contribution < -0.4 is 10.1 Å². The summed E-state index contributed by atoms with van der Waals surface area (Å²) in [6.07, 6.45) is 2.13. The maximum atomic E-state index is 6.02. The van der Waals surface area contributed by atoms with Gasteiger partial charge in [0.1, 0.15) is 5.75 Å². The first-order valence-electron chi connectivity index (χ1n) is 8.12. The molecule has 0 bridgehead atoms. The second-order valence-corrected chi connectivity index (χ2v) is 6.77. The third-order valence-corrected chi connectivity index (χ3v) is 5.03. The van der Waals surface area contributed by atoms with Crippen LogP contribution in [-0.2, 0) is 0 Å². The number of hydrogen-bond donors (Lipinski definition) is 1. The van der Waals surface area contributed by atoms with E-state index in [-0.39, 0.29) is 0 Å². The summed E-state index contributed by atoms with van der Waals surface area (Å²) in [5, 5.41) is 4.74. The predicted octanol–water partition coefficient (Wildman–Crippen LogP) is 4.93. The maximum absolute atomic E-state index is 6.02. The molecule has 2 aromatic rings. The Morgan fingerprint density at radius 1 is 1.17 bits per heavy atom. The summed E-state index contributed by atoms with van der Waals surface area (Å²) < 4.78 is 5.50. The van der Waals surface area contributed by atoms with Crippen molar-refractivity contribution in [1.82, 2.24) is 4.90 Å². The van der Waals surface area contributed by atoms with E-state index in [1.165, 1.54) is 5.56 Å². The summed E-state index contributed by atoms with van der Waals surface area (Å²) in [5.74, 6) is 1.50. The molecule has 0 unspecified atom stereocenters. The van der Waals surface area contributed by atoms with Gasteiger partial charge < -0.3 is 15.0 Å². The van der Waals surface area contributed by atoms with Gasteiger partial charge in [0.15, 0.2) is 5.11 Å². The van der Waals surface area contributed by atoms with Crippen molar-refractivity contribution in [3.05, 3.63) is 59.1 Å². The molecule has 1 saturated heterocycles. The van der Waals surface area contributed by atoms with Crippen molar-refractivity contribution in [2.75, 3.05) is 25.5 Å². The Bertz CT molecular complexity index is 714. The van der Waals surface area contributed by atoms with Crippen LogP contribution in [0.25, 0.3) is 0 Å². The average molecular weight is 361 g/mol. The fourth-order valence-electron chi connectivity index (χ4n) is 3.17. The first kappa shape index (κ1) is 17.1. The van der Waals surface area contributed by atoms with Crippen molar-refractivity contribution in [3.63, 3.8) is 0 Å². The Balaban J connectivity index is 1.59. The van der Waals surface area contributed by atoms with Gasteiger partial charge in [-0.05, 0) is 60.8 Å². The van der Waals surface area contributed by atoms with E-state index >= 15 is 0 Å². The van der Waals surface area contributed by atoms with Crippen molar-refractivity contribution in [3.8, 4) is 5.75 Å². The van der Waals surface area contributed by atoms with Crippen LogP contribution in [0, 0.1) is 0 Å². The van der Waals surface area contributed by atoms with Crippen LogP contribution in [0.5, 0.6) is 5.75 Å². The lowest BCUT2D eigenvalue weighted by molar-refractivity contribution is 0.310. The number of rotatable bonds is 3. The minimum absolute atomic E-state index is 0.520. The molecule has 1 N–H and O–H groups in total. The van der Waals surface area contributed by atoms with Crippen LogP contribution in [0.2, 0.25) is 5.02 Å². The topological polar surface area (TPSA) is 24.5 Å². The van der Waals surface area contributed by atoms with Gasteiger partial charge in [0, 0.05) is 23.8 Å². The highest BCUT2D eigenvalue weighted by Gasteiger charge is 2.24. The number of halogens is 1. The van der Waals surface area contributed by atoms with Crippen LogP contribution in [-0.4, -0.2) is 30.2 Å². The summed E-state index contributed by atoms with van der Waals surface area (Å²) in [6, 6.07) is 15.9. The minimum atomic E-state index is 0.520. The number of likely N-dealkylation sites (tertiary alicyclic amines) is 1. The lowest BCUT2D eigenvalue weighted by Crippen LogP contribution is -2.40. The summed E-state index contributed by atoms with van der Waals surface area (Å²) >= 11 is 11.6. The third-order valence-electron chi connectivity index (χ3n) is 4.44. The molecule has 1 aliphatic rings. The monoisotopic (exact) mass is 360 g/mol. The highest BCUT2D eigenvalue weighted by Crippen LogP contribution is 2.34. The van der Waals surface area contributed by atoms with Gasteiger partial charge in [-0.2, -0.15) is 0 Å². The molecule has 0 aliphatic carbocycles. The molecule has 1 fully saturated rings. The van der Waals surface area contributed by atoms with Crippen LogP contribution in [0.15, 0.2) is 48.5 Å². The molecular weight excluding hydrogens is 340 g/mol. The number of ether oxygens (including phenoxy) is 1. The van der Waals surface area contributed by atoms with E-state index in [2.05, 4.69) is 22.3 Å². The largest absolute Gasteiger partial charge is 0.496 e. The summed E-state index contributed by atoms with van der Waals surface area (Å²) in [6.45, 7) is 1.88. The minimum Gasteiger partial charge on any atom is -0.496 e. The zero-order chi connectivity index (χ0) is 16.9. The van der Waals surface area contributed by atoms with Crippen LogP contribution in [0.3, 0.4) is 0 Å². The van der Waals surface area contributed by atoms with E-state index in [1.54, 1.807) is 7.11 Å². The Labute approximate surface area is 153 Å². The molecule has 5 heteroatoms. The molecule has 0 atom stereocenters. The SMILES string of the molecule is COc1ccccc1C1CCN(C(=S)Nc2cccc(Cl)c2)CC1. The van der Waals surface area contributed by atoms with Crippen molar-refractivity contribution in [2.45, 2.75) is 18.8 Å². The molecule has 126 valence electrons. The first-order valence-corrected chi connectivity index (χ1v) is 8.90. The lowest BCUT2D eigenvalue weighted by atomic mass is 9.89. The molecule has 0 saturated carbocycles. The van der Waals surface area contributed by atoms with Crippen molar-refractivity contribution < 1.29 is 4.74 Å². The number of nitrogens with one attached hydrogen (secondary N) is 1. The van der Waals surface area contributed by atoms with Gasteiger partial charge >= 0.3 is 0 Å². The molecule has 3 rings (SSSR count). The number of piperidine rings is 1. The van der Waals surface area contributed by atoms with E-state index in [4.69, 9.17) is 28.6 Å². The predicted molar refractivity (Wildman–Crippen MR) is 104 cm³/mol. The molecule has 0 spiro atoms. The highest BCUT2D eigenvalue weighted by atomic mass is 35.5. The molecule has 0 aromatic heterocycles. The second-order valence-electron chi connectivity index (χ2n) is 5.94. The molecular formula is C19H21ClN2OS. The van der Waals surface area contributed by atoms with Gasteiger partial charge in [0.05, 0.1) is 7.11 Å². The number of benzene rings is 2. The Hall–Kier alpha value is -1.78. The maximum Gasteiger partial charge on any atom is 0.173 e. The summed E-state index contributed by atoms with van der Waals surface area (Å²) in [4.78, 5) is 2.22. The van der Waals surface area contributed by atoms with E-state index in [0.29, 0.717) is 10.9 Å². The molecule has 0 amide bonds. The van der Waals surface area contributed by atoms with E-state index in [0.717, 1.165) is 42.5 Å².